The number of nitrogens with one attached hydrogen (secondary N) is 2. The molecule has 1 atom stereocenters. The lowest BCUT2D eigenvalue weighted by Crippen LogP contribution is -2.42. The minimum atomic E-state index is 0.269. The van der Waals surface area contributed by atoms with Gasteiger partial charge in [-0.15, -0.1) is 0 Å². The Kier molecular flexibility index (Phi) is 7.31. The average molecular weight is 397 g/mol. The Morgan fingerprint density at radius 1 is 1.14 bits per heavy atom. The first kappa shape index (κ1) is 21.4. The predicted molar refractivity (Wildman–Crippen MR) is 120 cm³/mol. The van der Waals surface area contributed by atoms with Gasteiger partial charge in [0, 0.05) is 38.9 Å². The minimum Gasteiger partial charge on any atom is -0.354 e. The van der Waals surface area contributed by atoms with E-state index in [1.807, 2.05) is 18.8 Å². The molecule has 1 fully saturated rings. The number of benzene rings is 1. The third-order valence-corrected chi connectivity index (χ3v) is 5.86. The number of hydrogen-bond acceptors (Lipinski definition) is 3. The van der Waals surface area contributed by atoms with E-state index in [1.165, 1.54) is 48.3 Å². The maximum atomic E-state index is 4.52. The molecule has 29 heavy (non-hydrogen) atoms. The van der Waals surface area contributed by atoms with Gasteiger partial charge in [0.1, 0.15) is 0 Å². The highest BCUT2D eigenvalue weighted by atomic mass is 15.3. The van der Waals surface area contributed by atoms with E-state index in [0.29, 0.717) is 0 Å². The summed E-state index contributed by atoms with van der Waals surface area (Å²) >= 11 is 0. The number of aryl methyl sites for hydroxylation is 2. The lowest BCUT2D eigenvalue weighted by molar-refractivity contribution is 0.331. The van der Waals surface area contributed by atoms with Crippen LogP contribution in [0.3, 0.4) is 0 Å². The van der Waals surface area contributed by atoms with Crippen molar-refractivity contribution in [3.05, 3.63) is 52.3 Å². The van der Waals surface area contributed by atoms with Gasteiger partial charge in [-0.2, -0.15) is 5.10 Å². The fourth-order valence-corrected chi connectivity index (χ4v) is 4.05. The molecule has 0 radical (unpaired) electrons. The van der Waals surface area contributed by atoms with Crippen LogP contribution in [0.5, 0.6) is 0 Å². The second-order valence-corrected chi connectivity index (χ2v) is 8.25. The lowest BCUT2D eigenvalue weighted by Gasteiger charge is -2.18. The topological polar surface area (TPSA) is 57.5 Å². The van der Waals surface area contributed by atoms with Crippen molar-refractivity contribution in [1.82, 2.24) is 25.3 Å². The van der Waals surface area contributed by atoms with Gasteiger partial charge in [0.2, 0.25) is 0 Å². The van der Waals surface area contributed by atoms with Gasteiger partial charge in [-0.3, -0.25) is 14.6 Å². The van der Waals surface area contributed by atoms with Crippen molar-refractivity contribution < 1.29 is 0 Å². The van der Waals surface area contributed by atoms with Crippen molar-refractivity contribution in [2.45, 2.75) is 59.2 Å². The van der Waals surface area contributed by atoms with Crippen molar-refractivity contribution in [3.63, 3.8) is 0 Å². The summed E-state index contributed by atoms with van der Waals surface area (Å²) in [6, 6.07) is 9.21. The van der Waals surface area contributed by atoms with Crippen LogP contribution < -0.4 is 10.6 Å². The van der Waals surface area contributed by atoms with Crippen LogP contribution in [0.15, 0.2) is 29.3 Å². The van der Waals surface area contributed by atoms with Gasteiger partial charge in [0.05, 0.1) is 5.69 Å². The van der Waals surface area contributed by atoms with Crippen LogP contribution in [0.2, 0.25) is 0 Å². The molecule has 2 N–H and O–H groups in total. The maximum absolute atomic E-state index is 4.52. The first-order valence-corrected chi connectivity index (χ1v) is 10.7. The Morgan fingerprint density at radius 2 is 1.79 bits per heavy atom. The zero-order chi connectivity index (χ0) is 20.8. The molecule has 158 valence electrons. The molecule has 1 unspecified atom stereocenters. The summed E-state index contributed by atoms with van der Waals surface area (Å²) in [6.45, 7) is 10.7. The van der Waals surface area contributed by atoms with E-state index in [4.69, 9.17) is 0 Å². The molecule has 6 heteroatoms. The smallest absolute Gasteiger partial charge is 0.191 e. The Balaban J connectivity index is 1.48. The molecule has 1 aromatic carbocycles. The summed E-state index contributed by atoms with van der Waals surface area (Å²) in [5.41, 5.74) is 6.32. The fourth-order valence-electron chi connectivity index (χ4n) is 4.05. The number of rotatable bonds is 7. The Bertz CT molecular complexity index is 815. The average Bonchev–Trinajstić information content (AvgIpc) is 3.30. The van der Waals surface area contributed by atoms with E-state index >= 15 is 0 Å². The molecule has 1 aliphatic heterocycles. The molecule has 0 amide bonds. The molecule has 1 saturated heterocycles. The van der Waals surface area contributed by atoms with Gasteiger partial charge in [-0.05, 0) is 69.8 Å². The second kappa shape index (κ2) is 9.92. The summed E-state index contributed by atoms with van der Waals surface area (Å²) in [5.74, 6) is 0.831. The molecule has 3 rings (SSSR count). The zero-order valence-electron chi connectivity index (χ0n) is 18.6. The summed E-state index contributed by atoms with van der Waals surface area (Å²) in [6.07, 6.45) is 3.61. The molecule has 0 aliphatic carbocycles. The van der Waals surface area contributed by atoms with Gasteiger partial charge < -0.3 is 10.6 Å². The van der Waals surface area contributed by atoms with Crippen molar-refractivity contribution in [2.24, 2.45) is 12.0 Å². The number of nitrogens with zero attached hydrogens (tertiary/aromatic N) is 4. The highest BCUT2D eigenvalue weighted by molar-refractivity contribution is 5.79. The van der Waals surface area contributed by atoms with Crippen LogP contribution in [-0.2, 0) is 26.6 Å². The Hall–Kier alpha value is -2.34. The SMILES string of the molecule is CN=C(NCc1ccc(CN2CCCC2)cc1)NC(C)Cc1c(C)nn(C)c1C. The molecule has 1 aromatic heterocycles. The largest absolute Gasteiger partial charge is 0.354 e. The first-order valence-electron chi connectivity index (χ1n) is 10.7. The van der Waals surface area contributed by atoms with E-state index < -0.39 is 0 Å². The minimum absolute atomic E-state index is 0.269. The van der Waals surface area contributed by atoms with E-state index in [9.17, 15) is 0 Å². The molecule has 0 saturated carbocycles. The van der Waals surface area contributed by atoms with Crippen LogP contribution in [-0.4, -0.2) is 46.8 Å². The standard InChI is InChI=1S/C23H36N6/c1-17(14-22-18(2)27-28(5)19(22)3)26-23(24-4)25-15-20-8-10-21(11-9-20)16-29-12-6-7-13-29/h8-11,17H,6-7,12-16H2,1-5H3,(H2,24,25,26). The summed E-state index contributed by atoms with van der Waals surface area (Å²) in [7, 11) is 3.82. The molecule has 0 spiro atoms. The predicted octanol–water partition coefficient (Wildman–Crippen LogP) is 2.93. The molecule has 1 aliphatic rings. The molecule has 2 aromatic rings. The van der Waals surface area contributed by atoms with Crippen LogP contribution >= 0.6 is 0 Å². The van der Waals surface area contributed by atoms with Gasteiger partial charge in [-0.1, -0.05) is 24.3 Å². The summed E-state index contributed by atoms with van der Waals surface area (Å²) in [5, 5.41) is 11.5. The van der Waals surface area contributed by atoms with Crippen LogP contribution in [0.4, 0.5) is 0 Å². The zero-order valence-corrected chi connectivity index (χ0v) is 18.6. The van der Waals surface area contributed by atoms with Crippen LogP contribution in [0.25, 0.3) is 0 Å². The van der Waals surface area contributed by atoms with Crippen LogP contribution in [0.1, 0.15) is 47.8 Å². The first-order chi connectivity index (χ1) is 14.0. The number of guanidine groups is 1. The van der Waals surface area contributed by atoms with Gasteiger partial charge >= 0.3 is 0 Å². The van der Waals surface area contributed by atoms with Crippen LogP contribution in [0, 0.1) is 13.8 Å². The summed E-state index contributed by atoms with van der Waals surface area (Å²) < 4.78 is 1.96. The Labute approximate surface area is 175 Å². The highest BCUT2D eigenvalue weighted by Gasteiger charge is 2.14. The molecular formula is C23H36N6. The normalized spacial score (nSPS) is 16.2. The Morgan fingerprint density at radius 3 is 2.38 bits per heavy atom. The van der Waals surface area contributed by atoms with E-state index in [2.05, 4.69) is 70.7 Å². The van der Waals surface area contributed by atoms with Crippen molar-refractivity contribution in [2.75, 3.05) is 20.1 Å². The van der Waals surface area contributed by atoms with Gasteiger partial charge in [-0.25, -0.2) is 0 Å². The maximum Gasteiger partial charge on any atom is 0.191 e. The van der Waals surface area contributed by atoms with E-state index in [0.717, 1.165) is 31.2 Å². The van der Waals surface area contributed by atoms with Crippen molar-refractivity contribution >= 4 is 5.96 Å². The monoisotopic (exact) mass is 396 g/mol. The van der Waals surface area contributed by atoms with E-state index in [1.54, 1.807) is 0 Å². The quantitative estimate of drug-likeness (QED) is 0.558. The van der Waals surface area contributed by atoms with Gasteiger partial charge in [0.25, 0.3) is 0 Å². The summed E-state index contributed by atoms with van der Waals surface area (Å²) in [4.78, 5) is 6.92. The number of aliphatic imine (C=N–C) groups is 1. The molecule has 2 heterocycles. The highest BCUT2D eigenvalue weighted by Crippen LogP contribution is 2.15. The number of aromatic nitrogens is 2. The van der Waals surface area contributed by atoms with E-state index in [-0.39, 0.29) is 6.04 Å². The van der Waals surface area contributed by atoms with Crippen molar-refractivity contribution in [3.8, 4) is 0 Å². The van der Waals surface area contributed by atoms with Gasteiger partial charge in [0.15, 0.2) is 5.96 Å². The second-order valence-electron chi connectivity index (χ2n) is 8.25. The third-order valence-electron chi connectivity index (χ3n) is 5.86. The molecule has 0 bridgehead atoms. The number of hydrogen-bond donors (Lipinski definition) is 2. The fraction of sp³-hybridized carbons (Fsp3) is 0.565. The molecular weight excluding hydrogens is 360 g/mol. The lowest BCUT2D eigenvalue weighted by atomic mass is 10.1. The number of likely N-dealkylation sites (tertiary alicyclic amines) is 1. The van der Waals surface area contributed by atoms with Crippen molar-refractivity contribution in [1.29, 1.82) is 0 Å². The molecule has 6 nitrogen and oxygen atoms in total. The third kappa shape index (κ3) is 5.82.